The Bertz CT molecular complexity index is 322. The molecule has 0 unspecified atom stereocenters. The number of nitrogens with one attached hydrogen (secondary N) is 1. The van der Waals surface area contributed by atoms with Crippen molar-refractivity contribution < 1.29 is 14.3 Å². The van der Waals surface area contributed by atoms with Gasteiger partial charge in [0, 0.05) is 12.8 Å². The molecular formula is C12H17NO3. The second-order valence-electron chi connectivity index (χ2n) is 3.46. The first kappa shape index (κ1) is 12.7. The van der Waals surface area contributed by atoms with Crippen molar-refractivity contribution in [1.82, 2.24) is 0 Å². The number of hydrogen-bond acceptors (Lipinski definition) is 3. The highest BCUT2D eigenvalue weighted by molar-refractivity contribution is 5.91. The number of benzene rings is 1. The predicted octanol–water partition coefficient (Wildman–Crippen LogP) is 1.60. The Kier molecular flexibility index (Phi) is 5.53. The van der Waals surface area contributed by atoms with Crippen molar-refractivity contribution in [1.29, 1.82) is 0 Å². The van der Waals surface area contributed by atoms with Crippen LogP contribution in [0.4, 0.5) is 5.69 Å². The summed E-state index contributed by atoms with van der Waals surface area (Å²) in [7, 11) is 1.59. The Balaban J connectivity index is 2.26. The van der Waals surface area contributed by atoms with Gasteiger partial charge in [0.15, 0.2) is 0 Å². The molecule has 16 heavy (non-hydrogen) atoms. The summed E-state index contributed by atoms with van der Waals surface area (Å²) in [6, 6.07) is 7.62. The molecule has 0 aliphatic heterocycles. The van der Waals surface area contributed by atoms with Crippen molar-refractivity contribution >= 4 is 11.6 Å². The first-order chi connectivity index (χ1) is 7.72. The van der Waals surface area contributed by atoms with Crippen LogP contribution in [0.1, 0.15) is 5.56 Å². The minimum atomic E-state index is -0.153. The Hall–Kier alpha value is -1.39. The van der Waals surface area contributed by atoms with Gasteiger partial charge in [0.05, 0.1) is 13.2 Å². The van der Waals surface area contributed by atoms with Crippen molar-refractivity contribution in [2.75, 3.05) is 32.2 Å². The van der Waals surface area contributed by atoms with E-state index in [4.69, 9.17) is 9.47 Å². The van der Waals surface area contributed by atoms with Gasteiger partial charge in [-0.05, 0) is 19.1 Å². The van der Waals surface area contributed by atoms with Crippen molar-refractivity contribution in [2.24, 2.45) is 0 Å². The summed E-state index contributed by atoms with van der Waals surface area (Å²) < 4.78 is 9.89. The summed E-state index contributed by atoms with van der Waals surface area (Å²) in [5, 5.41) is 2.74. The topological polar surface area (TPSA) is 47.6 Å². The SMILES string of the molecule is COCCOCC(=O)Nc1ccc(C)cc1. The van der Waals surface area contributed by atoms with Crippen LogP contribution in [-0.2, 0) is 14.3 Å². The zero-order chi connectivity index (χ0) is 11.8. The fourth-order valence-electron chi connectivity index (χ4n) is 1.14. The minimum Gasteiger partial charge on any atom is -0.382 e. The number of amides is 1. The van der Waals surface area contributed by atoms with Crippen molar-refractivity contribution in [3.63, 3.8) is 0 Å². The minimum absolute atomic E-state index is 0.0528. The summed E-state index contributed by atoms with van der Waals surface area (Å²) in [6.07, 6.45) is 0. The predicted molar refractivity (Wildman–Crippen MR) is 62.5 cm³/mol. The van der Waals surface area contributed by atoms with Crippen LogP contribution in [0.2, 0.25) is 0 Å². The molecule has 1 amide bonds. The van der Waals surface area contributed by atoms with E-state index in [1.54, 1.807) is 7.11 Å². The van der Waals surface area contributed by atoms with E-state index in [-0.39, 0.29) is 12.5 Å². The molecule has 1 aromatic rings. The molecule has 0 atom stereocenters. The summed E-state index contributed by atoms with van der Waals surface area (Å²) >= 11 is 0. The lowest BCUT2D eigenvalue weighted by Gasteiger charge is -2.06. The fraction of sp³-hybridized carbons (Fsp3) is 0.417. The van der Waals surface area contributed by atoms with Crippen LogP contribution in [0.5, 0.6) is 0 Å². The number of aryl methyl sites for hydroxylation is 1. The molecule has 0 radical (unpaired) electrons. The molecule has 0 bridgehead atoms. The lowest BCUT2D eigenvalue weighted by molar-refractivity contribution is -0.121. The second kappa shape index (κ2) is 6.98. The van der Waals surface area contributed by atoms with Gasteiger partial charge < -0.3 is 14.8 Å². The number of methoxy groups -OCH3 is 1. The molecule has 4 nitrogen and oxygen atoms in total. The number of carbonyl (C=O) groups is 1. The maximum atomic E-state index is 11.4. The average Bonchev–Trinajstić information content (AvgIpc) is 2.28. The van der Waals surface area contributed by atoms with Crippen LogP contribution in [0, 0.1) is 6.92 Å². The van der Waals surface area contributed by atoms with E-state index in [2.05, 4.69) is 5.32 Å². The third kappa shape index (κ3) is 4.91. The van der Waals surface area contributed by atoms with Gasteiger partial charge in [0.1, 0.15) is 6.61 Å². The van der Waals surface area contributed by atoms with E-state index in [0.717, 1.165) is 11.3 Å². The summed E-state index contributed by atoms with van der Waals surface area (Å²) in [5.41, 5.74) is 1.94. The molecule has 0 heterocycles. The van der Waals surface area contributed by atoms with Crippen molar-refractivity contribution in [3.8, 4) is 0 Å². The molecule has 4 heteroatoms. The summed E-state index contributed by atoms with van der Waals surface area (Å²) in [5.74, 6) is -0.153. The zero-order valence-electron chi connectivity index (χ0n) is 9.66. The number of anilines is 1. The average molecular weight is 223 g/mol. The van der Waals surface area contributed by atoms with E-state index in [1.807, 2.05) is 31.2 Å². The van der Waals surface area contributed by atoms with Gasteiger partial charge in [-0.3, -0.25) is 4.79 Å². The van der Waals surface area contributed by atoms with E-state index in [1.165, 1.54) is 0 Å². The van der Waals surface area contributed by atoms with E-state index < -0.39 is 0 Å². The first-order valence-electron chi connectivity index (χ1n) is 5.15. The Morgan fingerprint density at radius 1 is 1.25 bits per heavy atom. The van der Waals surface area contributed by atoms with Gasteiger partial charge in [-0.15, -0.1) is 0 Å². The molecule has 0 aliphatic rings. The third-order valence-corrected chi connectivity index (χ3v) is 2.00. The highest BCUT2D eigenvalue weighted by Crippen LogP contribution is 2.08. The van der Waals surface area contributed by atoms with Gasteiger partial charge in [0.2, 0.25) is 5.91 Å². The van der Waals surface area contributed by atoms with Crippen LogP contribution >= 0.6 is 0 Å². The van der Waals surface area contributed by atoms with Crippen LogP contribution < -0.4 is 5.32 Å². The van der Waals surface area contributed by atoms with Crippen LogP contribution in [0.25, 0.3) is 0 Å². The van der Waals surface area contributed by atoms with E-state index in [9.17, 15) is 4.79 Å². The number of hydrogen-bond donors (Lipinski definition) is 1. The molecule has 0 aromatic heterocycles. The van der Waals surface area contributed by atoms with Crippen molar-refractivity contribution in [3.05, 3.63) is 29.8 Å². The van der Waals surface area contributed by atoms with Crippen LogP contribution in [0.3, 0.4) is 0 Å². The van der Waals surface area contributed by atoms with Gasteiger partial charge in [-0.25, -0.2) is 0 Å². The molecule has 0 fully saturated rings. The Labute approximate surface area is 95.6 Å². The lowest BCUT2D eigenvalue weighted by Crippen LogP contribution is -2.19. The molecule has 0 saturated carbocycles. The quantitative estimate of drug-likeness (QED) is 0.745. The van der Waals surface area contributed by atoms with E-state index >= 15 is 0 Å². The maximum Gasteiger partial charge on any atom is 0.250 e. The highest BCUT2D eigenvalue weighted by Gasteiger charge is 2.01. The summed E-state index contributed by atoms with van der Waals surface area (Å²) in [4.78, 5) is 11.4. The number of rotatable bonds is 6. The monoisotopic (exact) mass is 223 g/mol. The van der Waals surface area contributed by atoms with Crippen LogP contribution in [0.15, 0.2) is 24.3 Å². The first-order valence-corrected chi connectivity index (χ1v) is 5.15. The summed E-state index contributed by atoms with van der Waals surface area (Å²) in [6.45, 7) is 2.98. The second-order valence-corrected chi connectivity index (χ2v) is 3.46. The normalized spacial score (nSPS) is 10.1. The largest absolute Gasteiger partial charge is 0.382 e. The van der Waals surface area contributed by atoms with Crippen LogP contribution in [-0.4, -0.2) is 32.8 Å². The molecule has 1 aromatic carbocycles. The molecule has 88 valence electrons. The molecule has 0 aliphatic carbocycles. The van der Waals surface area contributed by atoms with Gasteiger partial charge in [0.25, 0.3) is 0 Å². The molecule has 0 spiro atoms. The molecule has 0 saturated heterocycles. The maximum absolute atomic E-state index is 11.4. The molecule has 1 rings (SSSR count). The van der Waals surface area contributed by atoms with Gasteiger partial charge in [-0.2, -0.15) is 0 Å². The number of carbonyl (C=O) groups excluding carboxylic acids is 1. The van der Waals surface area contributed by atoms with Gasteiger partial charge in [-0.1, -0.05) is 17.7 Å². The molecular weight excluding hydrogens is 206 g/mol. The van der Waals surface area contributed by atoms with Crippen molar-refractivity contribution in [2.45, 2.75) is 6.92 Å². The Morgan fingerprint density at radius 3 is 2.56 bits per heavy atom. The lowest BCUT2D eigenvalue weighted by atomic mass is 10.2. The number of ether oxygens (including phenoxy) is 2. The highest BCUT2D eigenvalue weighted by atomic mass is 16.5. The smallest absolute Gasteiger partial charge is 0.250 e. The third-order valence-electron chi connectivity index (χ3n) is 2.00. The van der Waals surface area contributed by atoms with Gasteiger partial charge >= 0.3 is 0 Å². The zero-order valence-corrected chi connectivity index (χ0v) is 9.66. The Morgan fingerprint density at radius 2 is 1.94 bits per heavy atom. The van der Waals surface area contributed by atoms with E-state index in [0.29, 0.717) is 13.2 Å². The standard InChI is InChI=1S/C12H17NO3/c1-10-3-5-11(6-4-10)13-12(14)9-16-8-7-15-2/h3-6H,7-9H2,1-2H3,(H,13,14). The molecule has 1 N–H and O–H groups in total. The fourth-order valence-corrected chi connectivity index (χ4v) is 1.14.